The topological polar surface area (TPSA) is 73.6 Å². The molecule has 5 nitrogen and oxygen atoms in total. The third-order valence-electron chi connectivity index (χ3n) is 2.91. The number of nitrogen functional groups attached to an aromatic ring is 1. The summed E-state index contributed by atoms with van der Waals surface area (Å²) >= 11 is 0. The zero-order valence-electron chi connectivity index (χ0n) is 11.6. The number of nitrogens with one attached hydrogen (secondary N) is 1. The van der Waals surface area contributed by atoms with Gasteiger partial charge in [0, 0.05) is 17.3 Å². The van der Waals surface area contributed by atoms with E-state index in [0.29, 0.717) is 17.1 Å². The fraction of sp³-hybridized carbons (Fsp3) is 0.133. The fourth-order valence-corrected chi connectivity index (χ4v) is 1.80. The molecule has 0 saturated carbocycles. The Morgan fingerprint density at radius 3 is 2.43 bits per heavy atom. The van der Waals surface area contributed by atoms with E-state index in [1.807, 2.05) is 0 Å². The lowest BCUT2D eigenvalue weighted by Gasteiger charge is -2.09. The second kappa shape index (κ2) is 6.13. The van der Waals surface area contributed by atoms with Crippen molar-refractivity contribution in [3.05, 3.63) is 47.8 Å². The van der Waals surface area contributed by atoms with Crippen LogP contribution in [0, 0.1) is 5.82 Å². The Morgan fingerprint density at radius 1 is 1.10 bits per heavy atom. The minimum Gasteiger partial charge on any atom is -0.495 e. The number of anilines is 2. The van der Waals surface area contributed by atoms with E-state index in [0.717, 1.165) is 6.07 Å². The van der Waals surface area contributed by atoms with E-state index in [1.165, 1.54) is 26.4 Å². The zero-order valence-corrected chi connectivity index (χ0v) is 11.6. The molecule has 6 heteroatoms. The van der Waals surface area contributed by atoms with Gasteiger partial charge in [-0.3, -0.25) is 4.79 Å². The molecule has 0 aromatic heterocycles. The highest BCUT2D eigenvalue weighted by atomic mass is 19.1. The van der Waals surface area contributed by atoms with Gasteiger partial charge in [0.1, 0.15) is 5.75 Å². The number of ether oxygens (including phenoxy) is 2. The first-order valence-electron chi connectivity index (χ1n) is 6.13. The van der Waals surface area contributed by atoms with Gasteiger partial charge in [0.2, 0.25) is 0 Å². The average molecular weight is 290 g/mol. The minimum atomic E-state index is -0.597. The monoisotopic (exact) mass is 290 g/mol. The van der Waals surface area contributed by atoms with Crippen LogP contribution in [-0.4, -0.2) is 20.1 Å². The van der Waals surface area contributed by atoms with Crippen LogP contribution < -0.4 is 20.5 Å². The van der Waals surface area contributed by atoms with Crippen molar-refractivity contribution in [3.63, 3.8) is 0 Å². The van der Waals surface area contributed by atoms with Gasteiger partial charge in [-0.2, -0.15) is 0 Å². The minimum absolute atomic E-state index is 0.0840. The number of rotatable bonds is 4. The summed E-state index contributed by atoms with van der Waals surface area (Å²) in [5.41, 5.74) is 6.84. The fourth-order valence-electron chi connectivity index (χ4n) is 1.80. The Balaban J connectivity index is 2.19. The molecule has 0 unspecified atom stereocenters. The number of nitrogens with two attached hydrogens (primary N) is 1. The van der Waals surface area contributed by atoms with E-state index in [4.69, 9.17) is 15.2 Å². The van der Waals surface area contributed by atoms with Gasteiger partial charge in [-0.25, -0.2) is 4.39 Å². The first kappa shape index (κ1) is 14.6. The number of halogens is 1. The molecule has 0 bridgehead atoms. The van der Waals surface area contributed by atoms with Crippen LogP contribution in [0.3, 0.4) is 0 Å². The average Bonchev–Trinajstić information content (AvgIpc) is 2.49. The highest BCUT2D eigenvalue weighted by Gasteiger charge is 2.11. The quantitative estimate of drug-likeness (QED) is 0.849. The molecule has 110 valence electrons. The van der Waals surface area contributed by atoms with Crippen LogP contribution in [0.4, 0.5) is 15.8 Å². The molecular weight excluding hydrogens is 275 g/mol. The summed E-state index contributed by atoms with van der Waals surface area (Å²) in [5, 5.41) is 2.64. The van der Waals surface area contributed by atoms with Crippen molar-refractivity contribution in [1.82, 2.24) is 0 Å². The predicted molar refractivity (Wildman–Crippen MR) is 78.3 cm³/mol. The summed E-state index contributed by atoms with van der Waals surface area (Å²) in [5.74, 6) is -0.502. The number of hydrogen-bond acceptors (Lipinski definition) is 4. The third-order valence-corrected chi connectivity index (χ3v) is 2.91. The molecule has 3 N–H and O–H groups in total. The standard InChI is InChI=1S/C15H15FN2O3/c1-20-13-6-3-9(7-11(13)16)15(19)18-10-4-5-12(17)14(8-10)21-2/h3-8H,17H2,1-2H3,(H,18,19). The van der Waals surface area contributed by atoms with Crippen LogP contribution in [0.5, 0.6) is 11.5 Å². The lowest BCUT2D eigenvalue weighted by molar-refractivity contribution is 0.102. The summed E-state index contributed by atoms with van der Waals surface area (Å²) in [4.78, 5) is 12.1. The molecule has 0 aliphatic rings. The molecule has 0 fully saturated rings. The number of hydrogen-bond donors (Lipinski definition) is 2. The lowest BCUT2D eigenvalue weighted by atomic mass is 10.2. The van der Waals surface area contributed by atoms with Gasteiger partial charge >= 0.3 is 0 Å². The molecule has 21 heavy (non-hydrogen) atoms. The Labute approximate surface area is 121 Å². The summed E-state index contributed by atoms with van der Waals surface area (Å²) in [7, 11) is 2.84. The third kappa shape index (κ3) is 3.22. The number of amides is 1. The van der Waals surface area contributed by atoms with Crippen molar-refractivity contribution in [2.24, 2.45) is 0 Å². The van der Waals surface area contributed by atoms with Crippen molar-refractivity contribution in [2.75, 3.05) is 25.3 Å². The maximum atomic E-state index is 13.6. The Bertz CT molecular complexity index is 674. The largest absolute Gasteiger partial charge is 0.495 e. The number of methoxy groups -OCH3 is 2. The SMILES string of the molecule is COc1cc(NC(=O)c2ccc(OC)c(F)c2)ccc1N. The molecule has 2 aromatic carbocycles. The van der Waals surface area contributed by atoms with Crippen molar-refractivity contribution in [2.45, 2.75) is 0 Å². The van der Waals surface area contributed by atoms with E-state index in [-0.39, 0.29) is 11.3 Å². The summed E-state index contributed by atoms with van der Waals surface area (Å²) in [6, 6.07) is 8.83. The van der Waals surface area contributed by atoms with Crippen molar-refractivity contribution in [1.29, 1.82) is 0 Å². The molecule has 0 saturated heterocycles. The van der Waals surface area contributed by atoms with Gasteiger partial charge in [0.15, 0.2) is 11.6 Å². The molecule has 0 heterocycles. The zero-order chi connectivity index (χ0) is 15.4. The molecule has 2 aromatic rings. The van der Waals surface area contributed by atoms with Crippen molar-refractivity contribution >= 4 is 17.3 Å². The maximum Gasteiger partial charge on any atom is 0.255 e. The molecule has 1 amide bonds. The van der Waals surface area contributed by atoms with Gasteiger partial charge in [0.05, 0.1) is 19.9 Å². The molecule has 0 aliphatic carbocycles. The first-order valence-corrected chi connectivity index (χ1v) is 6.13. The molecule has 0 spiro atoms. The Morgan fingerprint density at radius 2 is 1.81 bits per heavy atom. The number of carbonyl (C=O) groups excluding carboxylic acids is 1. The van der Waals surface area contributed by atoms with Crippen LogP contribution in [-0.2, 0) is 0 Å². The smallest absolute Gasteiger partial charge is 0.255 e. The number of carbonyl (C=O) groups is 1. The van der Waals surface area contributed by atoms with Crippen molar-refractivity contribution < 1.29 is 18.7 Å². The summed E-state index contributed by atoms with van der Waals surface area (Å²) < 4.78 is 23.5. The second-order valence-corrected chi connectivity index (χ2v) is 4.26. The Kier molecular flexibility index (Phi) is 4.27. The van der Waals surface area contributed by atoms with Crippen LogP contribution in [0.15, 0.2) is 36.4 Å². The van der Waals surface area contributed by atoms with E-state index in [2.05, 4.69) is 5.32 Å². The second-order valence-electron chi connectivity index (χ2n) is 4.26. The summed E-state index contributed by atoms with van der Waals surface area (Å²) in [6.07, 6.45) is 0. The molecular formula is C15H15FN2O3. The lowest BCUT2D eigenvalue weighted by Crippen LogP contribution is -2.12. The molecule has 0 radical (unpaired) electrons. The van der Waals surface area contributed by atoms with Gasteiger partial charge in [0.25, 0.3) is 5.91 Å². The van der Waals surface area contributed by atoms with Gasteiger partial charge in [-0.15, -0.1) is 0 Å². The normalized spacial score (nSPS) is 10.0. The molecule has 0 atom stereocenters. The number of benzene rings is 2. The van der Waals surface area contributed by atoms with Crippen LogP contribution >= 0.6 is 0 Å². The predicted octanol–water partition coefficient (Wildman–Crippen LogP) is 2.68. The van der Waals surface area contributed by atoms with Crippen LogP contribution in [0.25, 0.3) is 0 Å². The van der Waals surface area contributed by atoms with E-state index < -0.39 is 11.7 Å². The van der Waals surface area contributed by atoms with Gasteiger partial charge in [-0.05, 0) is 30.3 Å². The summed E-state index contributed by atoms with van der Waals surface area (Å²) in [6.45, 7) is 0. The highest BCUT2D eigenvalue weighted by Crippen LogP contribution is 2.25. The van der Waals surface area contributed by atoms with Gasteiger partial charge in [-0.1, -0.05) is 0 Å². The van der Waals surface area contributed by atoms with E-state index >= 15 is 0 Å². The van der Waals surface area contributed by atoms with Crippen molar-refractivity contribution in [3.8, 4) is 11.5 Å². The van der Waals surface area contributed by atoms with Gasteiger partial charge < -0.3 is 20.5 Å². The highest BCUT2D eigenvalue weighted by molar-refractivity contribution is 6.04. The maximum absolute atomic E-state index is 13.6. The van der Waals surface area contributed by atoms with Crippen LogP contribution in [0.2, 0.25) is 0 Å². The Hall–Kier alpha value is -2.76. The first-order chi connectivity index (χ1) is 10.0. The molecule has 0 aliphatic heterocycles. The van der Waals surface area contributed by atoms with E-state index in [1.54, 1.807) is 18.2 Å². The van der Waals surface area contributed by atoms with Crippen LogP contribution in [0.1, 0.15) is 10.4 Å². The van der Waals surface area contributed by atoms with E-state index in [9.17, 15) is 9.18 Å². The molecule has 2 rings (SSSR count).